The van der Waals surface area contributed by atoms with Gasteiger partial charge in [-0.1, -0.05) is 17.7 Å². The lowest BCUT2D eigenvalue weighted by Gasteiger charge is -2.34. The molecule has 5 atom stereocenters. The molecule has 1 saturated heterocycles. The number of carbonyl (C=O) groups excluding carboxylic acids is 1. The molecule has 2 aliphatic rings. The molecule has 12 heteroatoms. The van der Waals surface area contributed by atoms with Crippen LogP contribution in [0.1, 0.15) is 25.3 Å². The van der Waals surface area contributed by atoms with Crippen molar-refractivity contribution in [2.45, 2.75) is 54.9 Å². The SMILES string of the molecule is CCOC(=O)C1=CC2(CCC1S(=O)(=O)Cc1ccc(F)cc1Cl)OC[C@H](C(O)[C@H](O)CO)O2. The van der Waals surface area contributed by atoms with Gasteiger partial charge in [0.1, 0.15) is 24.1 Å². The second-order valence-electron chi connectivity index (χ2n) is 7.91. The number of carbonyl (C=O) groups is 1. The average Bonchev–Trinajstić information content (AvgIpc) is 3.17. The average molecular weight is 509 g/mol. The summed E-state index contributed by atoms with van der Waals surface area (Å²) in [5.74, 6) is -3.48. The third kappa shape index (κ3) is 5.73. The first-order valence-electron chi connectivity index (χ1n) is 10.4. The van der Waals surface area contributed by atoms with Gasteiger partial charge in [0.25, 0.3) is 0 Å². The summed E-state index contributed by atoms with van der Waals surface area (Å²) in [5.41, 5.74) is 0.00952. The van der Waals surface area contributed by atoms with Crippen LogP contribution in [0.15, 0.2) is 29.8 Å². The van der Waals surface area contributed by atoms with Gasteiger partial charge in [-0.25, -0.2) is 17.6 Å². The number of hydrogen-bond acceptors (Lipinski definition) is 9. The molecule has 3 unspecified atom stereocenters. The van der Waals surface area contributed by atoms with E-state index in [1.807, 2.05) is 0 Å². The molecule has 184 valence electrons. The molecule has 1 aliphatic carbocycles. The van der Waals surface area contributed by atoms with Crippen LogP contribution in [0.2, 0.25) is 5.02 Å². The summed E-state index contributed by atoms with van der Waals surface area (Å²) < 4.78 is 56.3. The number of ether oxygens (including phenoxy) is 3. The predicted molar refractivity (Wildman–Crippen MR) is 114 cm³/mol. The molecule has 33 heavy (non-hydrogen) atoms. The summed E-state index contributed by atoms with van der Waals surface area (Å²) in [6.45, 7) is 0.743. The Kier molecular flexibility index (Phi) is 8.15. The van der Waals surface area contributed by atoms with E-state index in [1.165, 1.54) is 12.1 Å². The van der Waals surface area contributed by atoms with Crippen LogP contribution in [-0.2, 0) is 34.6 Å². The molecule has 0 bridgehead atoms. The summed E-state index contributed by atoms with van der Waals surface area (Å²) >= 11 is 5.99. The number of sulfone groups is 1. The first kappa shape index (κ1) is 26.0. The number of halogens is 2. The first-order valence-corrected chi connectivity index (χ1v) is 12.5. The van der Waals surface area contributed by atoms with Gasteiger partial charge >= 0.3 is 5.97 Å². The highest BCUT2D eigenvalue weighted by atomic mass is 35.5. The molecule has 3 rings (SSSR count). The summed E-state index contributed by atoms with van der Waals surface area (Å²) in [6, 6.07) is 3.38. The zero-order valence-corrected chi connectivity index (χ0v) is 19.4. The Morgan fingerprint density at radius 1 is 1.39 bits per heavy atom. The Balaban J connectivity index is 1.90. The minimum Gasteiger partial charge on any atom is -0.463 e. The van der Waals surface area contributed by atoms with Crippen molar-refractivity contribution in [3.05, 3.63) is 46.3 Å². The van der Waals surface area contributed by atoms with Crippen molar-refractivity contribution >= 4 is 27.4 Å². The molecule has 0 saturated carbocycles. The smallest absolute Gasteiger partial charge is 0.335 e. The molecule has 9 nitrogen and oxygen atoms in total. The fourth-order valence-electron chi connectivity index (χ4n) is 3.90. The highest BCUT2D eigenvalue weighted by Crippen LogP contribution is 2.40. The number of benzene rings is 1. The lowest BCUT2D eigenvalue weighted by Crippen LogP contribution is -2.44. The maximum atomic E-state index is 13.3. The largest absolute Gasteiger partial charge is 0.463 e. The molecular formula is C21H26ClFO9S. The number of esters is 1. The highest BCUT2D eigenvalue weighted by molar-refractivity contribution is 7.91. The quantitative estimate of drug-likeness (QED) is 0.436. The van der Waals surface area contributed by atoms with E-state index in [4.69, 9.17) is 30.9 Å². The van der Waals surface area contributed by atoms with Crippen LogP contribution in [0, 0.1) is 5.82 Å². The minimum absolute atomic E-state index is 0.00543. The van der Waals surface area contributed by atoms with Gasteiger partial charge in [0.2, 0.25) is 0 Å². The van der Waals surface area contributed by atoms with Crippen molar-refractivity contribution in [1.82, 2.24) is 0 Å². The van der Waals surface area contributed by atoms with Crippen LogP contribution >= 0.6 is 11.6 Å². The molecule has 0 radical (unpaired) electrons. The van der Waals surface area contributed by atoms with Crippen molar-refractivity contribution in [3.63, 3.8) is 0 Å². The molecule has 0 aromatic heterocycles. The maximum absolute atomic E-state index is 13.3. The van der Waals surface area contributed by atoms with E-state index in [9.17, 15) is 27.8 Å². The molecule has 1 aromatic carbocycles. The second-order valence-corrected chi connectivity index (χ2v) is 10.5. The molecule has 1 aliphatic heterocycles. The summed E-state index contributed by atoms with van der Waals surface area (Å²) in [6.07, 6.45) is -2.69. The molecule has 1 spiro atoms. The number of aliphatic hydroxyl groups is 3. The number of aliphatic hydroxyl groups excluding tert-OH is 3. The standard InChI is InChI=1S/C21H26ClFO9S/c1-2-30-20(27)14-8-21(31-10-17(32-21)19(26)16(25)9-24)6-5-18(14)33(28,29)11-12-3-4-13(23)7-15(12)22/h3-4,7-8,16-19,24-26H,2,5-6,9-11H2,1H3/t16-,17-,18?,19?,21?/m1/s1. The van der Waals surface area contributed by atoms with E-state index < -0.39 is 63.3 Å². The topological polar surface area (TPSA) is 140 Å². The van der Waals surface area contributed by atoms with Crippen molar-refractivity contribution < 1.29 is 47.1 Å². The van der Waals surface area contributed by atoms with E-state index in [0.29, 0.717) is 0 Å². The van der Waals surface area contributed by atoms with Crippen molar-refractivity contribution in [1.29, 1.82) is 0 Å². The predicted octanol–water partition coefficient (Wildman–Crippen LogP) is 0.872. The fraction of sp³-hybridized carbons (Fsp3) is 0.571. The van der Waals surface area contributed by atoms with Gasteiger partial charge in [0, 0.05) is 11.4 Å². The number of hydrogen-bond donors (Lipinski definition) is 3. The zero-order chi connectivity index (χ0) is 24.4. The van der Waals surface area contributed by atoms with Gasteiger partial charge in [0.05, 0.1) is 36.4 Å². The van der Waals surface area contributed by atoms with Crippen LogP contribution in [-0.4, -0.2) is 78.9 Å². The number of rotatable bonds is 8. The van der Waals surface area contributed by atoms with Crippen LogP contribution < -0.4 is 0 Å². The van der Waals surface area contributed by atoms with Crippen molar-refractivity contribution in [2.24, 2.45) is 0 Å². The highest BCUT2D eigenvalue weighted by Gasteiger charge is 2.50. The minimum atomic E-state index is -3.99. The Morgan fingerprint density at radius 3 is 2.76 bits per heavy atom. The van der Waals surface area contributed by atoms with Crippen LogP contribution in [0.3, 0.4) is 0 Å². The first-order chi connectivity index (χ1) is 15.5. The maximum Gasteiger partial charge on any atom is 0.335 e. The van der Waals surface area contributed by atoms with Gasteiger partial charge in [0.15, 0.2) is 15.6 Å². The molecule has 1 fully saturated rings. The van der Waals surface area contributed by atoms with E-state index in [2.05, 4.69) is 0 Å². The third-order valence-corrected chi connectivity index (χ3v) is 8.02. The van der Waals surface area contributed by atoms with E-state index in [-0.39, 0.29) is 42.2 Å². The molecule has 0 amide bonds. The molecular weight excluding hydrogens is 483 g/mol. The lowest BCUT2D eigenvalue weighted by molar-refractivity contribution is -0.163. The Bertz CT molecular complexity index is 1010. The van der Waals surface area contributed by atoms with E-state index in [1.54, 1.807) is 6.92 Å². The lowest BCUT2D eigenvalue weighted by atomic mass is 9.94. The molecule has 1 aromatic rings. The van der Waals surface area contributed by atoms with Gasteiger partial charge in [-0.15, -0.1) is 0 Å². The van der Waals surface area contributed by atoms with E-state index >= 15 is 0 Å². The van der Waals surface area contributed by atoms with Crippen LogP contribution in [0.4, 0.5) is 4.39 Å². The Morgan fingerprint density at radius 2 is 2.12 bits per heavy atom. The fourth-order valence-corrected chi connectivity index (χ4v) is 6.13. The van der Waals surface area contributed by atoms with Gasteiger partial charge in [-0.2, -0.15) is 0 Å². The zero-order valence-electron chi connectivity index (χ0n) is 17.8. The Hall–Kier alpha value is -1.60. The van der Waals surface area contributed by atoms with Crippen LogP contribution in [0.5, 0.6) is 0 Å². The Labute approximate surface area is 195 Å². The van der Waals surface area contributed by atoms with Crippen molar-refractivity contribution in [3.8, 4) is 0 Å². The molecule has 3 N–H and O–H groups in total. The third-order valence-electron chi connectivity index (χ3n) is 5.60. The van der Waals surface area contributed by atoms with Crippen molar-refractivity contribution in [2.75, 3.05) is 19.8 Å². The monoisotopic (exact) mass is 508 g/mol. The van der Waals surface area contributed by atoms with Gasteiger partial charge in [-0.3, -0.25) is 0 Å². The van der Waals surface area contributed by atoms with E-state index in [0.717, 1.165) is 12.1 Å². The summed E-state index contributed by atoms with van der Waals surface area (Å²) in [7, 11) is -3.99. The summed E-state index contributed by atoms with van der Waals surface area (Å²) in [5, 5.41) is 27.5. The summed E-state index contributed by atoms with van der Waals surface area (Å²) in [4.78, 5) is 12.7. The van der Waals surface area contributed by atoms with Gasteiger partial charge in [-0.05, 0) is 37.1 Å². The van der Waals surface area contributed by atoms with Gasteiger partial charge < -0.3 is 29.5 Å². The molecule has 1 heterocycles. The second kappa shape index (κ2) is 10.3. The van der Waals surface area contributed by atoms with Crippen LogP contribution in [0.25, 0.3) is 0 Å². The normalized spacial score (nSPS) is 27.3.